The fraction of sp³-hybridized carbons (Fsp3) is 0.312. The quantitative estimate of drug-likeness (QED) is 0.860. The summed E-state index contributed by atoms with van der Waals surface area (Å²) in [5, 5.41) is 2.06. The molecule has 106 valence electrons. The van der Waals surface area contributed by atoms with Crippen LogP contribution in [0.15, 0.2) is 41.8 Å². The van der Waals surface area contributed by atoms with Crippen LogP contribution in [0.1, 0.15) is 17.4 Å². The van der Waals surface area contributed by atoms with Crippen LogP contribution in [-0.4, -0.2) is 23.9 Å². The number of nitrogens with two attached hydrogens (primary N) is 1. The zero-order valence-corrected chi connectivity index (χ0v) is 12.7. The Balaban J connectivity index is 1.96. The van der Waals surface area contributed by atoms with Crippen LogP contribution < -0.4 is 5.73 Å². The van der Waals surface area contributed by atoms with Gasteiger partial charge in [0.25, 0.3) is 0 Å². The molecule has 0 saturated carbocycles. The van der Waals surface area contributed by atoms with Crippen molar-refractivity contribution < 1.29 is 4.79 Å². The molecule has 0 aliphatic heterocycles. The first kappa shape index (κ1) is 14.6. The number of amides is 1. The zero-order valence-electron chi connectivity index (χ0n) is 11.9. The van der Waals surface area contributed by atoms with E-state index >= 15 is 0 Å². The Hall–Kier alpha value is -1.81. The van der Waals surface area contributed by atoms with Crippen LogP contribution in [0.25, 0.3) is 0 Å². The van der Waals surface area contributed by atoms with E-state index in [0.29, 0.717) is 12.1 Å². The number of para-hydroxylation sites is 1. The van der Waals surface area contributed by atoms with E-state index in [9.17, 15) is 4.79 Å². The summed E-state index contributed by atoms with van der Waals surface area (Å²) in [6, 6.07) is 11.9. The maximum absolute atomic E-state index is 12.3. The molecule has 0 radical (unpaired) electrons. The number of thiophene rings is 1. The second-order valence-electron chi connectivity index (χ2n) is 5.01. The van der Waals surface area contributed by atoms with E-state index in [1.807, 2.05) is 42.3 Å². The normalized spacial score (nSPS) is 12.1. The first-order valence-corrected chi connectivity index (χ1v) is 7.57. The molecule has 1 unspecified atom stereocenters. The van der Waals surface area contributed by atoms with Crippen LogP contribution in [0.4, 0.5) is 5.69 Å². The molecule has 0 spiro atoms. The minimum absolute atomic E-state index is 0.104. The lowest BCUT2D eigenvalue weighted by Crippen LogP contribution is -2.37. The Morgan fingerprint density at radius 3 is 2.70 bits per heavy atom. The first-order valence-electron chi connectivity index (χ1n) is 6.69. The lowest BCUT2D eigenvalue weighted by atomic mass is 10.1. The third kappa shape index (κ3) is 3.61. The fourth-order valence-electron chi connectivity index (χ4n) is 2.09. The summed E-state index contributed by atoms with van der Waals surface area (Å²) in [5.74, 6) is 0.104. The first-order chi connectivity index (χ1) is 9.58. The summed E-state index contributed by atoms with van der Waals surface area (Å²) in [6.45, 7) is 2.08. The highest BCUT2D eigenvalue weighted by atomic mass is 32.1. The SMILES string of the molecule is CC(Cc1cccs1)N(C)C(=O)Cc1ccccc1N. The molecule has 1 heterocycles. The molecule has 1 atom stereocenters. The van der Waals surface area contributed by atoms with Gasteiger partial charge in [0, 0.05) is 30.1 Å². The van der Waals surface area contributed by atoms with E-state index < -0.39 is 0 Å². The molecular formula is C16H20N2OS. The maximum atomic E-state index is 12.3. The van der Waals surface area contributed by atoms with Gasteiger partial charge in [0.2, 0.25) is 5.91 Å². The van der Waals surface area contributed by atoms with Gasteiger partial charge in [0.15, 0.2) is 0 Å². The van der Waals surface area contributed by atoms with Gasteiger partial charge in [-0.15, -0.1) is 11.3 Å². The van der Waals surface area contributed by atoms with E-state index in [4.69, 9.17) is 5.73 Å². The van der Waals surface area contributed by atoms with Gasteiger partial charge in [-0.3, -0.25) is 4.79 Å². The van der Waals surface area contributed by atoms with Crippen molar-refractivity contribution >= 4 is 22.9 Å². The van der Waals surface area contributed by atoms with E-state index in [-0.39, 0.29) is 11.9 Å². The highest BCUT2D eigenvalue weighted by molar-refractivity contribution is 7.09. The molecular weight excluding hydrogens is 268 g/mol. The molecule has 2 rings (SSSR count). The van der Waals surface area contributed by atoms with Crippen LogP contribution in [0.3, 0.4) is 0 Å². The molecule has 20 heavy (non-hydrogen) atoms. The monoisotopic (exact) mass is 288 g/mol. The number of likely N-dealkylation sites (N-methyl/N-ethyl adjacent to an activating group) is 1. The third-order valence-corrected chi connectivity index (χ3v) is 4.43. The second kappa shape index (κ2) is 6.57. The van der Waals surface area contributed by atoms with Crippen LogP contribution in [0.5, 0.6) is 0 Å². The van der Waals surface area contributed by atoms with Crippen molar-refractivity contribution in [2.45, 2.75) is 25.8 Å². The number of rotatable bonds is 5. The number of nitrogens with zero attached hydrogens (tertiary/aromatic N) is 1. The van der Waals surface area contributed by atoms with Crippen molar-refractivity contribution in [3.8, 4) is 0 Å². The molecule has 1 aromatic heterocycles. The number of carbonyl (C=O) groups excluding carboxylic acids is 1. The number of hydrogen-bond donors (Lipinski definition) is 1. The minimum Gasteiger partial charge on any atom is -0.398 e. The predicted octanol–water partition coefficient (Wildman–Crippen LogP) is 2.96. The topological polar surface area (TPSA) is 46.3 Å². The number of anilines is 1. The number of benzene rings is 1. The van der Waals surface area contributed by atoms with Crippen molar-refractivity contribution in [3.63, 3.8) is 0 Å². The summed E-state index contributed by atoms with van der Waals surface area (Å²) >= 11 is 1.73. The molecule has 4 heteroatoms. The van der Waals surface area contributed by atoms with Gasteiger partial charge in [0.1, 0.15) is 0 Å². The molecule has 0 saturated heterocycles. The molecule has 1 amide bonds. The highest BCUT2D eigenvalue weighted by Crippen LogP contribution is 2.16. The van der Waals surface area contributed by atoms with E-state index in [1.165, 1.54) is 4.88 Å². The molecule has 0 fully saturated rings. The number of nitrogen functional groups attached to an aromatic ring is 1. The Morgan fingerprint density at radius 1 is 1.30 bits per heavy atom. The van der Waals surface area contributed by atoms with Crippen LogP contribution in [0.2, 0.25) is 0 Å². The zero-order chi connectivity index (χ0) is 14.5. The summed E-state index contributed by atoms with van der Waals surface area (Å²) < 4.78 is 0. The van der Waals surface area contributed by atoms with Gasteiger partial charge in [-0.25, -0.2) is 0 Å². The van der Waals surface area contributed by atoms with Crippen molar-refractivity contribution in [1.82, 2.24) is 4.90 Å². The van der Waals surface area contributed by atoms with Crippen LogP contribution in [-0.2, 0) is 17.6 Å². The van der Waals surface area contributed by atoms with Gasteiger partial charge in [-0.1, -0.05) is 24.3 Å². The molecule has 0 aliphatic rings. The van der Waals surface area contributed by atoms with Crippen molar-refractivity contribution in [3.05, 3.63) is 52.2 Å². The van der Waals surface area contributed by atoms with Crippen LogP contribution in [0, 0.1) is 0 Å². The minimum atomic E-state index is 0.104. The lowest BCUT2D eigenvalue weighted by molar-refractivity contribution is -0.130. The Morgan fingerprint density at radius 2 is 2.05 bits per heavy atom. The molecule has 3 nitrogen and oxygen atoms in total. The summed E-state index contributed by atoms with van der Waals surface area (Å²) in [5.41, 5.74) is 7.46. The highest BCUT2D eigenvalue weighted by Gasteiger charge is 2.17. The fourth-order valence-corrected chi connectivity index (χ4v) is 2.91. The lowest BCUT2D eigenvalue weighted by Gasteiger charge is -2.25. The van der Waals surface area contributed by atoms with Gasteiger partial charge in [0.05, 0.1) is 6.42 Å². The van der Waals surface area contributed by atoms with E-state index in [2.05, 4.69) is 18.4 Å². The summed E-state index contributed by atoms with van der Waals surface area (Å²) in [4.78, 5) is 15.4. The molecule has 0 bridgehead atoms. The maximum Gasteiger partial charge on any atom is 0.227 e. The predicted molar refractivity (Wildman–Crippen MR) is 84.8 cm³/mol. The van der Waals surface area contributed by atoms with Crippen molar-refractivity contribution in [1.29, 1.82) is 0 Å². The Bertz CT molecular complexity index is 566. The van der Waals surface area contributed by atoms with Crippen LogP contribution >= 0.6 is 11.3 Å². The van der Waals surface area contributed by atoms with Crippen molar-refractivity contribution in [2.75, 3.05) is 12.8 Å². The third-order valence-electron chi connectivity index (χ3n) is 3.53. The Kier molecular flexibility index (Phi) is 4.79. The standard InChI is InChI=1S/C16H20N2OS/c1-12(10-14-7-5-9-20-14)18(2)16(19)11-13-6-3-4-8-15(13)17/h3-9,12H,10-11,17H2,1-2H3. The van der Waals surface area contributed by atoms with Gasteiger partial charge in [-0.05, 0) is 30.0 Å². The van der Waals surface area contributed by atoms with E-state index in [1.54, 1.807) is 11.3 Å². The number of carbonyl (C=O) groups is 1. The Labute approximate surface area is 124 Å². The molecule has 2 aromatic rings. The van der Waals surface area contributed by atoms with E-state index in [0.717, 1.165) is 12.0 Å². The molecule has 0 aliphatic carbocycles. The summed E-state index contributed by atoms with van der Waals surface area (Å²) in [7, 11) is 1.86. The smallest absolute Gasteiger partial charge is 0.227 e. The molecule has 2 N–H and O–H groups in total. The number of hydrogen-bond acceptors (Lipinski definition) is 3. The second-order valence-corrected chi connectivity index (χ2v) is 6.04. The average molecular weight is 288 g/mol. The van der Waals surface area contributed by atoms with Gasteiger partial charge in [-0.2, -0.15) is 0 Å². The largest absolute Gasteiger partial charge is 0.398 e. The average Bonchev–Trinajstić information content (AvgIpc) is 2.93. The van der Waals surface area contributed by atoms with Crippen molar-refractivity contribution in [2.24, 2.45) is 0 Å². The van der Waals surface area contributed by atoms with Gasteiger partial charge < -0.3 is 10.6 Å². The summed E-state index contributed by atoms with van der Waals surface area (Å²) in [6.07, 6.45) is 1.25. The van der Waals surface area contributed by atoms with Gasteiger partial charge >= 0.3 is 0 Å². The molecule has 1 aromatic carbocycles.